The van der Waals surface area contributed by atoms with Gasteiger partial charge in [-0.25, -0.2) is 4.79 Å². The summed E-state index contributed by atoms with van der Waals surface area (Å²) in [5.74, 6) is -2.64. The van der Waals surface area contributed by atoms with Crippen molar-refractivity contribution in [1.29, 1.82) is 0 Å². The molecule has 0 saturated carbocycles. The quantitative estimate of drug-likeness (QED) is 0.819. The number of rotatable bonds is 5. The van der Waals surface area contributed by atoms with Crippen molar-refractivity contribution < 1.29 is 27.9 Å². The van der Waals surface area contributed by atoms with Gasteiger partial charge in [-0.1, -0.05) is 13.3 Å². The number of piperidine rings is 1. The van der Waals surface area contributed by atoms with Crippen molar-refractivity contribution in [2.45, 2.75) is 38.8 Å². The van der Waals surface area contributed by atoms with E-state index in [1.807, 2.05) is 0 Å². The molecule has 0 spiro atoms. The van der Waals surface area contributed by atoms with E-state index in [9.17, 15) is 22.8 Å². The molecule has 1 heterocycles. The molecule has 0 aromatic rings. The minimum absolute atomic E-state index is 0.0455. The zero-order valence-electron chi connectivity index (χ0n) is 11.9. The molecule has 1 aliphatic rings. The average molecular weight is 310 g/mol. The summed E-state index contributed by atoms with van der Waals surface area (Å²) in [7, 11) is 0. The maximum Gasteiger partial charge on any atom is 0.393 e. The van der Waals surface area contributed by atoms with Crippen molar-refractivity contribution in [2.75, 3.05) is 19.6 Å². The Labute approximate surface area is 121 Å². The van der Waals surface area contributed by atoms with Crippen LogP contribution in [0.15, 0.2) is 0 Å². The van der Waals surface area contributed by atoms with Crippen molar-refractivity contribution in [3.8, 4) is 0 Å². The SMILES string of the molecule is CCC(CNC(=O)N1CCCC(C(F)(F)F)C1)CC(=O)O. The van der Waals surface area contributed by atoms with Gasteiger partial charge in [0.15, 0.2) is 0 Å². The predicted octanol–water partition coefficient (Wildman–Crippen LogP) is 2.47. The van der Waals surface area contributed by atoms with Crippen LogP contribution in [-0.2, 0) is 4.79 Å². The van der Waals surface area contributed by atoms with Crippen LogP contribution >= 0.6 is 0 Å². The van der Waals surface area contributed by atoms with E-state index in [4.69, 9.17) is 5.11 Å². The number of amides is 2. The number of likely N-dealkylation sites (tertiary alicyclic amines) is 1. The number of alkyl halides is 3. The fourth-order valence-electron chi connectivity index (χ4n) is 2.38. The largest absolute Gasteiger partial charge is 0.481 e. The molecule has 0 aromatic carbocycles. The molecule has 122 valence electrons. The first-order chi connectivity index (χ1) is 9.74. The highest BCUT2D eigenvalue weighted by molar-refractivity contribution is 5.74. The van der Waals surface area contributed by atoms with E-state index in [0.717, 1.165) is 4.90 Å². The fourth-order valence-corrected chi connectivity index (χ4v) is 2.38. The molecule has 0 aliphatic carbocycles. The molecule has 1 aliphatic heterocycles. The van der Waals surface area contributed by atoms with Crippen molar-refractivity contribution in [2.24, 2.45) is 11.8 Å². The Morgan fingerprint density at radius 1 is 1.43 bits per heavy atom. The van der Waals surface area contributed by atoms with E-state index < -0.39 is 24.1 Å². The fraction of sp³-hybridized carbons (Fsp3) is 0.846. The van der Waals surface area contributed by atoms with Gasteiger partial charge in [0, 0.05) is 26.1 Å². The first-order valence-corrected chi connectivity index (χ1v) is 7.05. The molecule has 1 saturated heterocycles. The summed E-state index contributed by atoms with van der Waals surface area (Å²) in [6.45, 7) is 1.94. The van der Waals surface area contributed by atoms with Crippen molar-refractivity contribution >= 4 is 12.0 Å². The normalized spacial score (nSPS) is 21.0. The van der Waals surface area contributed by atoms with Crippen LogP contribution in [0.1, 0.15) is 32.6 Å². The van der Waals surface area contributed by atoms with Crippen LogP contribution in [0.25, 0.3) is 0 Å². The second kappa shape index (κ2) is 7.51. The standard InChI is InChI=1S/C13H21F3N2O3/c1-2-9(6-11(19)20)7-17-12(21)18-5-3-4-10(8-18)13(14,15)16/h9-10H,2-8H2,1H3,(H,17,21)(H,19,20). The van der Waals surface area contributed by atoms with Crippen LogP contribution in [0, 0.1) is 11.8 Å². The molecule has 21 heavy (non-hydrogen) atoms. The zero-order chi connectivity index (χ0) is 16.0. The minimum Gasteiger partial charge on any atom is -0.481 e. The third-order valence-corrected chi connectivity index (χ3v) is 3.75. The summed E-state index contributed by atoms with van der Waals surface area (Å²) in [6.07, 6.45) is -3.40. The van der Waals surface area contributed by atoms with Gasteiger partial charge in [-0.3, -0.25) is 4.79 Å². The maximum atomic E-state index is 12.7. The van der Waals surface area contributed by atoms with Crippen molar-refractivity contribution in [3.05, 3.63) is 0 Å². The van der Waals surface area contributed by atoms with Crippen LogP contribution in [0.3, 0.4) is 0 Å². The molecule has 1 fully saturated rings. The van der Waals surface area contributed by atoms with Gasteiger partial charge >= 0.3 is 18.2 Å². The van der Waals surface area contributed by atoms with E-state index >= 15 is 0 Å². The number of hydrogen-bond donors (Lipinski definition) is 2. The van der Waals surface area contributed by atoms with Gasteiger partial charge in [0.25, 0.3) is 0 Å². The van der Waals surface area contributed by atoms with E-state index in [1.165, 1.54) is 0 Å². The number of urea groups is 1. The lowest BCUT2D eigenvalue weighted by atomic mass is 9.98. The third-order valence-electron chi connectivity index (χ3n) is 3.75. The topological polar surface area (TPSA) is 69.6 Å². The third kappa shape index (κ3) is 5.81. The highest BCUT2D eigenvalue weighted by atomic mass is 19.4. The van der Waals surface area contributed by atoms with Crippen LogP contribution in [0.5, 0.6) is 0 Å². The lowest BCUT2D eigenvalue weighted by Gasteiger charge is -2.34. The smallest absolute Gasteiger partial charge is 0.393 e. The summed E-state index contributed by atoms with van der Waals surface area (Å²) in [5.41, 5.74) is 0. The van der Waals surface area contributed by atoms with E-state index in [-0.39, 0.29) is 31.8 Å². The number of nitrogens with zero attached hydrogens (tertiary/aromatic N) is 1. The molecule has 2 unspecified atom stereocenters. The van der Waals surface area contributed by atoms with E-state index in [1.54, 1.807) is 6.92 Å². The molecule has 0 aromatic heterocycles. The number of carboxylic acid groups (broad SMARTS) is 1. The van der Waals surface area contributed by atoms with Gasteiger partial charge in [-0.15, -0.1) is 0 Å². The summed E-state index contributed by atoms with van der Waals surface area (Å²) in [5, 5.41) is 11.2. The summed E-state index contributed by atoms with van der Waals surface area (Å²) in [6, 6.07) is -0.548. The first-order valence-electron chi connectivity index (χ1n) is 7.05. The lowest BCUT2D eigenvalue weighted by Crippen LogP contribution is -2.49. The Hall–Kier alpha value is -1.47. The van der Waals surface area contributed by atoms with Crippen LogP contribution in [0.4, 0.5) is 18.0 Å². The number of carbonyl (C=O) groups excluding carboxylic acids is 1. The minimum atomic E-state index is -4.28. The van der Waals surface area contributed by atoms with Gasteiger partial charge in [-0.05, 0) is 18.8 Å². The van der Waals surface area contributed by atoms with Gasteiger partial charge in [0.05, 0.1) is 5.92 Å². The van der Waals surface area contributed by atoms with Gasteiger partial charge in [0.2, 0.25) is 0 Å². The number of halogens is 3. The zero-order valence-corrected chi connectivity index (χ0v) is 11.9. The number of carbonyl (C=O) groups is 2. The summed E-state index contributed by atoms with van der Waals surface area (Å²) < 4.78 is 38.0. The Morgan fingerprint density at radius 3 is 2.62 bits per heavy atom. The van der Waals surface area contributed by atoms with E-state index in [0.29, 0.717) is 19.4 Å². The monoisotopic (exact) mass is 310 g/mol. The van der Waals surface area contributed by atoms with Crippen molar-refractivity contribution in [3.63, 3.8) is 0 Å². The molecule has 0 radical (unpaired) electrons. The highest BCUT2D eigenvalue weighted by Crippen LogP contribution is 2.33. The molecule has 1 rings (SSSR count). The van der Waals surface area contributed by atoms with Crippen LogP contribution < -0.4 is 5.32 Å². The summed E-state index contributed by atoms with van der Waals surface area (Å²) >= 11 is 0. The molecule has 2 N–H and O–H groups in total. The lowest BCUT2D eigenvalue weighted by molar-refractivity contribution is -0.184. The maximum absolute atomic E-state index is 12.7. The van der Waals surface area contributed by atoms with Crippen LogP contribution in [0.2, 0.25) is 0 Å². The number of carboxylic acids is 1. The Kier molecular flexibility index (Phi) is 6.29. The molecule has 2 atom stereocenters. The second-order valence-corrected chi connectivity index (χ2v) is 5.38. The number of nitrogens with one attached hydrogen (secondary N) is 1. The predicted molar refractivity (Wildman–Crippen MR) is 69.8 cm³/mol. The number of aliphatic carboxylic acids is 1. The van der Waals surface area contributed by atoms with E-state index in [2.05, 4.69) is 5.32 Å². The first kappa shape index (κ1) is 17.6. The van der Waals surface area contributed by atoms with Gasteiger partial charge in [0.1, 0.15) is 0 Å². The van der Waals surface area contributed by atoms with Gasteiger partial charge < -0.3 is 15.3 Å². The Balaban J connectivity index is 2.46. The summed E-state index contributed by atoms with van der Waals surface area (Å²) in [4.78, 5) is 23.7. The molecular formula is C13H21F3N2O3. The highest BCUT2D eigenvalue weighted by Gasteiger charge is 2.42. The molecule has 8 heteroatoms. The molecule has 2 amide bonds. The average Bonchev–Trinajstić information content (AvgIpc) is 2.41. The van der Waals surface area contributed by atoms with Crippen LogP contribution in [-0.4, -0.2) is 47.8 Å². The second-order valence-electron chi connectivity index (χ2n) is 5.38. The molecular weight excluding hydrogens is 289 g/mol. The Morgan fingerprint density at radius 2 is 2.10 bits per heavy atom. The number of hydrogen-bond acceptors (Lipinski definition) is 2. The Bertz CT molecular complexity index is 374. The molecule has 0 bridgehead atoms. The van der Waals surface area contributed by atoms with Crippen molar-refractivity contribution in [1.82, 2.24) is 10.2 Å². The van der Waals surface area contributed by atoms with Gasteiger partial charge in [-0.2, -0.15) is 13.2 Å². The molecule has 5 nitrogen and oxygen atoms in total.